The van der Waals surface area contributed by atoms with E-state index in [0.29, 0.717) is 22.3 Å². The van der Waals surface area contributed by atoms with E-state index in [4.69, 9.17) is 27.9 Å². The molecule has 0 spiro atoms. The fourth-order valence-corrected chi connectivity index (χ4v) is 3.40. The van der Waals surface area contributed by atoms with Crippen LogP contribution in [0.5, 0.6) is 5.75 Å². The second-order valence-electron chi connectivity index (χ2n) is 6.52. The molecule has 1 heterocycles. The van der Waals surface area contributed by atoms with Crippen molar-refractivity contribution in [3.63, 3.8) is 0 Å². The molecule has 2 amide bonds. The van der Waals surface area contributed by atoms with E-state index < -0.39 is 0 Å². The molecule has 1 saturated heterocycles. The van der Waals surface area contributed by atoms with Gasteiger partial charge in [0, 0.05) is 38.4 Å². The van der Waals surface area contributed by atoms with Gasteiger partial charge in [0.1, 0.15) is 5.75 Å². The summed E-state index contributed by atoms with van der Waals surface area (Å²) >= 11 is 11.9. The van der Waals surface area contributed by atoms with Crippen LogP contribution in [-0.2, 0) is 6.54 Å². The van der Waals surface area contributed by atoms with Gasteiger partial charge in [-0.2, -0.15) is 0 Å². The standard InChI is InChI=1S/C20H23Cl2N3O2/c1-27-17-6-3-15(4-7-17)14-24-9-2-10-25(12-11-24)20(26)23-16-5-8-18(21)19(22)13-16/h3-8,13H,2,9-12,14H2,1H3,(H,23,26). The van der Waals surface area contributed by atoms with E-state index in [1.54, 1.807) is 25.3 Å². The first-order valence-corrected chi connectivity index (χ1v) is 9.67. The second-order valence-corrected chi connectivity index (χ2v) is 7.34. The monoisotopic (exact) mass is 407 g/mol. The van der Waals surface area contributed by atoms with E-state index in [1.165, 1.54) is 5.56 Å². The zero-order valence-electron chi connectivity index (χ0n) is 15.3. The van der Waals surface area contributed by atoms with Gasteiger partial charge in [0.2, 0.25) is 0 Å². The number of hydrogen-bond donors (Lipinski definition) is 1. The second kappa shape index (κ2) is 9.31. The Kier molecular flexibility index (Phi) is 6.83. The highest BCUT2D eigenvalue weighted by molar-refractivity contribution is 6.42. The zero-order valence-corrected chi connectivity index (χ0v) is 16.8. The fraction of sp³-hybridized carbons (Fsp3) is 0.350. The summed E-state index contributed by atoms with van der Waals surface area (Å²) in [5.41, 5.74) is 1.89. The summed E-state index contributed by atoms with van der Waals surface area (Å²) < 4.78 is 5.20. The van der Waals surface area contributed by atoms with E-state index in [-0.39, 0.29) is 6.03 Å². The number of methoxy groups -OCH3 is 1. The van der Waals surface area contributed by atoms with Crippen LogP contribution in [-0.4, -0.2) is 49.1 Å². The van der Waals surface area contributed by atoms with Gasteiger partial charge in [0.15, 0.2) is 0 Å². The van der Waals surface area contributed by atoms with Crippen LogP contribution in [0.3, 0.4) is 0 Å². The maximum atomic E-state index is 12.6. The first kappa shape index (κ1) is 19.8. The zero-order chi connectivity index (χ0) is 19.2. The number of anilines is 1. The number of hydrogen-bond acceptors (Lipinski definition) is 3. The number of carbonyl (C=O) groups is 1. The van der Waals surface area contributed by atoms with E-state index >= 15 is 0 Å². The largest absolute Gasteiger partial charge is 0.497 e. The molecule has 2 aromatic rings. The Morgan fingerprint density at radius 2 is 1.81 bits per heavy atom. The molecule has 3 rings (SSSR count). The van der Waals surface area contributed by atoms with Crippen LogP contribution in [0.4, 0.5) is 10.5 Å². The third kappa shape index (κ3) is 5.51. The van der Waals surface area contributed by atoms with Crippen LogP contribution >= 0.6 is 23.2 Å². The number of ether oxygens (including phenoxy) is 1. The molecule has 1 fully saturated rings. The van der Waals surface area contributed by atoms with Crippen molar-refractivity contribution in [2.75, 3.05) is 38.6 Å². The summed E-state index contributed by atoms with van der Waals surface area (Å²) in [6.45, 7) is 4.07. The number of urea groups is 1. The molecule has 1 aliphatic rings. The average molecular weight is 408 g/mol. The van der Waals surface area contributed by atoms with E-state index in [9.17, 15) is 4.79 Å². The van der Waals surface area contributed by atoms with Gasteiger partial charge < -0.3 is 15.0 Å². The highest BCUT2D eigenvalue weighted by atomic mass is 35.5. The van der Waals surface area contributed by atoms with Crippen molar-refractivity contribution in [2.24, 2.45) is 0 Å². The quantitative estimate of drug-likeness (QED) is 0.795. The third-order valence-electron chi connectivity index (χ3n) is 4.61. The Bertz CT molecular complexity index is 783. The first-order valence-electron chi connectivity index (χ1n) is 8.91. The van der Waals surface area contributed by atoms with E-state index in [1.807, 2.05) is 17.0 Å². The molecule has 2 aromatic carbocycles. The molecule has 0 aromatic heterocycles. The molecule has 1 N–H and O–H groups in total. The number of benzene rings is 2. The Hall–Kier alpha value is -1.95. The third-order valence-corrected chi connectivity index (χ3v) is 5.35. The van der Waals surface area contributed by atoms with Crippen molar-refractivity contribution in [1.82, 2.24) is 9.80 Å². The van der Waals surface area contributed by atoms with Gasteiger partial charge in [0.05, 0.1) is 17.2 Å². The fourth-order valence-electron chi connectivity index (χ4n) is 3.10. The Balaban J connectivity index is 1.53. The molecule has 1 aliphatic heterocycles. The van der Waals surface area contributed by atoms with Gasteiger partial charge in [-0.15, -0.1) is 0 Å². The summed E-state index contributed by atoms with van der Waals surface area (Å²) in [5.74, 6) is 0.861. The van der Waals surface area contributed by atoms with Gasteiger partial charge in [-0.3, -0.25) is 4.90 Å². The minimum absolute atomic E-state index is 0.111. The van der Waals surface area contributed by atoms with Gasteiger partial charge in [-0.25, -0.2) is 4.79 Å². The van der Waals surface area contributed by atoms with Crippen LogP contribution in [0.2, 0.25) is 10.0 Å². The highest BCUT2D eigenvalue weighted by Crippen LogP contribution is 2.25. The van der Waals surface area contributed by atoms with Crippen LogP contribution in [0.25, 0.3) is 0 Å². The number of halogens is 2. The molecule has 5 nitrogen and oxygen atoms in total. The lowest BCUT2D eigenvalue weighted by atomic mass is 10.2. The first-order chi connectivity index (χ1) is 13.0. The minimum Gasteiger partial charge on any atom is -0.497 e. The van der Waals surface area contributed by atoms with E-state index in [0.717, 1.165) is 38.3 Å². The summed E-state index contributed by atoms with van der Waals surface area (Å²) in [7, 11) is 1.67. The van der Waals surface area contributed by atoms with Gasteiger partial charge in [-0.1, -0.05) is 35.3 Å². The molecule has 0 aliphatic carbocycles. The smallest absolute Gasteiger partial charge is 0.321 e. The lowest BCUT2D eigenvalue weighted by Crippen LogP contribution is -2.38. The van der Waals surface area contributed by atoms with E-state index in [2.05, 4.69) is 22.3 Å². The van der Waals surface area contributed by atoms with Crippen molar-refractivity contribution in [3.05, 3.63) is 58.1 Å². The molecule has 0 radical (unpaired) electrons. The maximum Gasteiger partial charge on any atom is 0.321 e. The lowest BCUT2D eigenvalue weighted by Gasteiger charge is -2.22. The number of rotatable bonds is 4. The molecule has 27 heavy (non-hydrogen) atoms. The average Bonchev–Trinajstić information content (AvgIpc) is 2.91. The Labute approximate surface area is 169 Å². The number of amides is 2. The minimum atomic E-state index is -0.111. The van der Waals surface area contributed by atoms with Crippen LogP contribution < -0.4 is 10.1 Å². The highest BCUT2D eigenvalue weighted by Gasteiger charge is 2.19. The predicted octanol–water partition coefficient (Wildman–Crippen LogP) is 4.74. The van der Waals surface area contributed by atoms with Crippen LogP contribution in [0.1, 0.15) is 12.0 Å². The normalized spacial score (nSPS) is 15.3. The number of nitrogens with one attached hydrogen (secondary N) is 1. The summed E-state index contributed by atoms with van der Waals surface area (Å²) in [6.07, 6.45) is 0.935. The molecule has 7 heteroatoms. The summed E-state index contributed by atoms with van der Waals surface area (Å²) in [5, 5.41) is 3.79. The molecular formula is C20H23Cl2N3O2. The van der Waals surface area contributed by atoms with Crippen molar-refractivity contribution in [1.29, 1.82) is 0 Å². The molecular weight excluding hydrogens is 385 g/mol. The molecule has 144 valence electrons. The predicted molar refractivity (Wildman–Crippen MR) is 110 cm³/mol. The Morgan fingerprint density at radius 3 is 2.52 bits per heavy atom. The van der Waals surface area contributed by atoms with Crippen molar-refractivity contribution >= 4 is 34.9 Å². The molecule has 0 unspecified atom stereocenters. The number of nitrogens with zero attached hydrogens (tertiary/aromatic N) is 2. The topological polar surface area (TPSA) is 44.8 Å². The van der Waals surface area contributed by atoms with Gasteiger partial charge in [0.25, 0.3) is 0 Å². The van der Waals surface area contributed by atoms with Gasteiger partial charge in [-0.05, 0) is 42.3 Å². The van der Waals surface area contributed by atoms with Crippen LogP contribution in [0.15, 0.2) is 42.5 Å². The molecule has 0 bridgehead atoms. The van der Waals surface area contributed by atoms with Crippen molar-refractivity contribution in [2.45, 2.75) is 13.0 Å². The SMILES string of the molecule is COc1ccc(CN2CCCN(C(=O)Nc3ccc(Cl)c(Cl)c3)CC2)cc1. The molecule has 0 atom stereocenters. The van der Waals surface area contributed by atoms with Crippen molar-refractivity contribution in [3.8, 4) is 5.75 Å². The summed E-state index contributed by atoms with van der Waals surface area (Å²) in [4.78, 5) is 16.8. The molecule has 0 saturated carbocycles. The summed E-state index contributed by atoms with van der Waals surface area (Å²) in [6, 6.07) is 13.1. The van der Waals surface area contributed by atoms with Crippen LogP contribution in [0, 0.1) is 0 Å². The van der Waals surface area contributed by atoms with Crippen molar-refractivity contribution < 1.29 is 9.53 Å². The lowest BCUT2D eigenvalue weighted by molar-refractivity contribution is 0.211. The maximum absolute atomic E-state index is 12.6. The number of carbonyl (C=O) groups excluding carboxylic acids is 1. The Morgan fingerprint density at radius 1 is 1.04 bits per heavy atom. The van der Waals surface area contributed by atoms with Gasteiger partial charge >= 0.3 is 6.03 Å².